The van der Waals surface area contributed by atoms with E-state index in [1.807, 2.05) is 12.1 Å². The van der Waals surface area contributed by atoms with Gasteiger partial charge in [0.15, 0.2) is 6.61 Å². The van der Waals surface area contributed by atoms with Crippen molar-refractivity contribution in [2.75, 3.05) is 11.9 Å². The molecule has 0 aliphatic carbocycles. The van der Waals surface area contributed by atoms with Gasteiger partial charge in [0.1, 0.15) is 11.9 Å². The number of nitrogens with one attached hydrogen (secondary N) is 2. The van der Waals surface area contributed by atoms with E-state index in [4.69, 9.17) is 4.74 Å². The zero-order valence-corrected chi connectivity index (χ0v) is 16.9. The molecule has 7 heteroatoms. The van der Waals surface area contributed by atoms with Crippen molar-refractivity contribution in [3.05, 3.63) is 65.5 Å². The highest BCUT2D eigenvalue weighted by molar-refractivity contribution is 5.97. The molecule has 1 atom stereocenters. The lowest BCUT2D eigenvalue weighted by atomic mass is 9.86. The van der Waals surface area contributed by atoms with Crippen molar-refractivity contribution >= 4 is 23.5 Å². The van der Waals surface area contributed by atoms with Crippen LogP contribution in [0.15, 0.2) is 48.5 Å². The molecule has 6 nitrogen and oxygen atoms in total. The minimum absolute atomic E-state index is 0.00592. The largest absolute Gasteiger partial charge is 0.454 e. The molecule has 0 heterocycles. The Morgan fingerprint density at radius 1 is 1.03 bits per heavy atom. The van der Waals surface area contributed by atoms with Crippen LogP contribution in [0.5, 0.6) is 0 Å². The van der Waals surface area contributed by atoms with Gasteiger partial charge in [0.2, 0.25) is 0 Å². The minimum Gasteiger partial charge on any atom is -0.454 e. The van der Waals surface area contributed by atoms with E-state index in [1.165, 1.54) is 25.1 Å². The van der Waals surface area contributed by atoms with Crippen molar-refractivity contribution in [3.8, 4) is 0 Å². The summed E-state index contributed by atoms with van der Waals surface area (Å²) in [6.45, 7) is 7.08. The molecule has 0 radical (unpaired) electrons. The first-order valence-corrected chi connectivity index (χ1v) is 9.20. The molecule has 2 aromatic carbocycles. The van der Waals surface area contributed by atoms with Crippen LogP contribution in [-0.2, 0) is 19.7 Å². The van der Waals surface area contributed by atoms with E-state index in [9.17, 15) is 18.8 Å². The Balaban J connectivity index is 1.84. The van der Waals surface area contributed by atoms with Gasteiger partial charge >= 0.3 is 5.97 Å². The molecule has 0 unspecified atom stereocenters. The maximum absolute atomic E-state index is 13.5. The summed E-state index contributed by atoms with van der Waals surface area (Å²) in [5.74, 6) is -2.47. The molecule has 2 rings (SSSR count). The first-order chi connectivity index (χ1) is 13.6. The summed E-state index contributed by atoms with van der Waals surface area (Å²) in [5.41, 5.74) is 1.46. The molecule has 2 amide bonds. The Bertz CT molecular complexity index is 888. The zero-order valence-electron chi connectivity index (χ0n) is 16.9. The fourth-order valence-electron chi connectivity index (χ4n) is 2.47. The second-order valence-electron chi connectivity index (χ2n) is 7.66. The number of hydrogen-bond donors (Lipinski definition) is 2. The van der Waals surface area contributed by atoms with Crippen LogP contribution in [0.4, 0.5) is 10.1 Å². The number of amides is 2. The number of halogens is 1. The van der Waals surface area contributed by atoms with Crippen LogP contribution in [0, 0.1) is 5.82 Å². The van der Waals surface area contributed by atoms with Gasteiger partial charge in [-0.15, -0.1) is 0 Å². The molecule has 2 aromatic rings. The summed E-state index contributed by atoms with van der Waals surface area (Å²) in [6, 6.07) is 11.8. The summed E-state index contributed by atoms with van der Waals surface area (Å²) in [7, 11) is 0. The Morgan fingerprint density at radius 2 is 1.66 bits per heavy atom. The fourth-order valence-corrected chi connectivity index (χ4v) is 2.47. The van der Waals surface area contributed by atoms with Gasteiger partial charge in [-0.25, -0.2) is 9.18 Å². The van der Waals surface area contributed by atoms with Crippen molar-refractivity contribution in [1.29, 1.82) is 0 Å². The summed E-state index contributed by atoms with van der Waals surface area (Å²) < 4.78 is 18.4. The summed E-state index contributed by atoms with van der Waals surface area (Å²) in [5, 5.41) is 4.84. The van der Waals surface area contributed by atoms with E-state index in [-0.39, 0.29) is 11.1 Å². The van der Waals surface area contributed by atoms with Crippen LogP contribution >= 0.6 is 0 Å². The van der Waals surface area contributed by atoms with Crippen LogP contribution in [0.3, 0.4) is 0 Å². The summed E-state index contributed by atoms with van der Waals surface area (Å²) in [6.07, 6.45) is 0. The second-order valence-corrected chi connectivity index (χ2v) is 7.66. The number of benzene rings is 2. The number of carbonyl (C=O) groups excluding carboxylic acids is 3. The molecule has 29 heavy (non-hydrogen) atoms. The molecule has 0 saturated carbocycles. The van der Waals surface area contributed by atoms with Gasteiger partial charge in [-0.2, -0.15) is 0 Å². The van der Waals surface area contributed by atoms with E-state index in [2.05, 4.69) is 31.4 Å². The smallest absolute Gasteiger partial charge is 0.328 e. The van der Waals surface area contributed by atoms with E-state index >= 15 is 0 Å². The average molecular weight is 400 g/mol. The average Bonchev–Trinajstić information content (AvgIpc) is 2.67. The minimum atomic E-state index is -0.953. The predicted molar refractivity (Wildman–Crippen MR) is 108 cm³/mol. The lowest BCUT2D eigenvalue weighted by Gasteiger charge is -2.19. The van der Waals surface area contributed by atoms with Gasteiger partial charge in [0.25, 0.3) is 11.8 Å². The van der Waals surface area contributed by atoms with Gasteiger partial charge in [-0.05, 0) is 42.2 Å². The summed E-state index contributed by atoms with van der Waals surface area (Å²) in [4.78, 5) is 36.1. The van der Waals surface area contributed by atoms with Gasteiger partial charge < -0.3 is 15.4 Å². The van der Waals surface area contributed by atoms with E-state index < -0.39 is 36.2 Å². The molecule has 0 spiro atoms. The molecular weight excluding hydrogens is 375 g/mol. The number of rotatable bonds is 6. The van der Waals surface area contributed by atoms with Crippen LogP contribution in [0.1, 0.15) is 43.6 Å². The highest BCUT2D eigenvalue weighted by atomic mass is 19.1. The fraction of sp³-hybridized carbons (Fsp3) is 0.318. The van der Waals surface area contributed by atoms with Crippen LogP contribution in [-0.4, -0.2) is 30.4 Å². The third-order valence-corrected chi connectivity index (χ3v) is 4.21. The third kappa shape index (κ3) is 6.41. The number of ether oxygens (including phenoxy) is 1. The molecule has 0 aromatic heterocycles. The van der Waals surface area contributed by atoms with Gasteiger partial charge in [0.05, 0.1) is 5.69 Å². The van der Waals surface area contributed by atoms with Crippen LogP contribution in [0.2, 0.25) is 0 Å². The quantitative estimate of drug-likeness (QED) is 0.728. The van der Waals surface area contributed by atoms with Gasteiger partial charge in [-0.3, -0.25) is 9.59 Å². The Morgan fingerprint density at radius 3 is 2.24 bits per heavy atom. The standard InChI is InChI=1S/C22H25FN2O4/c1-14(24-20(27)15-9-11-16(12-10-15)22(2,3)4)21(28)29-13-19(26)25-18-8-6-5-7-17(18)23/h5-12,14H,13H2,1-4H3,(H,24,27)(H,25,26)/t14-/m0/s1. The van der Waals surface area contributed by atoms with Gasteiger partial charge in [-0.1, -0.05) is 45.0 Å². The van der Waals surface area contributed by atoms with E-state index in [0.717, 1.165) is 5.56 Å². The molecule has 0 fully saturated rings. The van der Waals surface area contributed by atoms with Crippen molar-refractivity contribution in [1.82, 2.24) is 5.32 Å². The van der Waals surface area contributed by atoms with E-state index in [0.29, 0.717) is 5.56 Å². The lowest BCUT2D eigenvalue weighted by molar-refractivity contribution is -0.148. The van der Waals surface area contributed by atoms with Crippen LogP contribution < -0.4 is 10.6 Å². The molecule has 0 aliphatic heterocycles. The first kappa shape index (κ1) is 22.1. The SMILES string of the molecule is C[C@H](NC(=O)c1ccc(C(C)(C)C)cc1)C(=O)OCC(=O)Nc1ccccc1F. The van der Waals surface area contributed by atoms with E-state index in [1.54, 1.807) is 18.2 Å². The number of carbonyl (C=O) groups is 3. The normalized spacial score (nSPS) is 12.0. The van der Waals surface area contributed by atoms with Crippen molar-refractivity contribution < 1.29 is 23.5 Å². The molecular formula is C22H25FN2O4. The van der Waals surface area contributed by atoms with Crippen molar-refractivity contribution in [2.24, 2.45) is 0 Å². The monoisotopic (exact) mass is 400 g/mol. The van der Waals surface area contributed by atoms with Crippen molar-refractivity contribution in [2.45, 2.75) is 39.2 Å². The Labute approximate surface area is 169 Å². The first-order valence-electron chi connectivity index (χ1n) is 9.20. The number of esters is 1. The maximum atomic E-state index is 13.5. The maximum Gasteiger partial charge on any atom is 0.328 e. The Hall–Kier alpha value is -3.22. The molecule has 0 saturated heterocycles. The predicted octanol–water partition coefficient (Wildman–Crippen LogP) is 3.42. The third-order valence-electron chi connectivity index (χ3n) is 4.21. The molecule has 0 bridgehead atoms. The van der Waals surface area contributed by atoms with Crippen LogP contribution in [0.25, 0.3) is 0 Å². The second kappa shape index (κ2) is 9.32. The van der Waals surface area contributed by atoms with Crippen molar-refractivity contribution in [3.63, 3.8) is 0 Å². The highest BCUT2D eigenvalue weighted by Gasteiger charge is 2.20. The zero-order chi connectivity index (χ0) is 21.6. The number of hydrogen-bond acceptors (Lipinski definition) is 4. The Kier molecular flexibility index (Phi) is 7.09. The molecule has 154 valence electrons. The number of anilines is 1. The lowest BCUT2D eigenvalue weighted by Crippen LogP contribution is -2.40. The number of para-hydroxylation sites is 1. The topological polar surface area (TPSA) is 84.5 Å². The molecule has 2 N–H and O–H groups in total. The molecule has 0 aliphatic rings. The highest BCUT2D eigenvalue weighted by Crippen LogP contribution is 2.22. The summed E-state index contributed by atoms with van der Waals surface area (Å²) >= 11 is 0. The van der Waals surface area contributed by atoms with Gasteiger partial charge in [0, 0.05) is 5.56 Å².